The van der Waals surface area contributed by atoms with Crippen LogP contribution in [0.5, 0.6) is 5.75 Å². The van der Waals surface area contributed by atoms with Gasteiger partial charge in [-0.3, -0.25) is 0 Å². The van der Waals surface area contributed by atoms with Crippen molar-refractivity contribution in [1.82, 2.24) is 5.32 Å². The first kappa shape index (κ1) is 20.9. The van der Waals surface area contributed by atoms with Crippen molar-refractivity contribution in [2.24, 2.45) is 0 Å². The Morgan fingerprint density at radius 2 is 1.82 bits per heavy atom. The molecule has 0 heterocycles. The van der Waals surface area contributed by atoms with Gasteiger partial charge in [-0.2, -0.15) is 0 Å². The molecule has 0 saturated carbocycles. The maximum Gasteiger partial charge on any atom is 0.407 e. The third-order valence-corrected chi connectivity index (χ3v) is 3.91. The van der Waals surface area contributed by atoms with Crippen LogP contribution in [0.2, 0.25) is 0 Å². The number of nitrogen functional groups attached to an aromatic ring is 1. The predicted octanol–water partition coefficient (Wildman–Crippen LogP) is 2.79. The molecule has 0 radical (unpaired) electrons. The van der Waals surface area contributed by atoms with Crippen molar-refractivity contribution in [3.05, 3.63) is 53.6 Å². The van der Waals surface area contributed by atoms with Gasteiger partial charge in [0.25, 0.3) is 0 Å². The second-order valence-corrected chi connectivity index (χ2v) is 5.90. The lowest BCUT2D eigenvalue weighted by Crippen LogP contribution is -2.26. The molecule has 0 fully saturated rings. The van der Waals surface area contributed by atoms with Crippen LogP contribution in [0, 0.1) is 0 Å². The average molecular weight is 387 g/mol. The third kappa shape index (κ3) is 6.08. The van der Waals surface area contributed by atoms with Gasteiger partial charge in [0.2, 0.25) is 0 Å². The van der Waals surface area contributed by atoms with Gasteiger partial charge >= 0.3 is 12.1 Å². The number of ether oxygens (including phenoxy) is 3. The molecular formula is C20H25N3O5. The molecule has 0 spiro atoms. The first-order valence-corrected chi connectivity index (χ1v) is 8.79. The summed E-state index contributed by atoms with van der Waals surface area (Å²) in [5.41, 5.74) is 8.20. The van der Waals surface area contributed by atoms with E-state index >= 15 is 0 Å². The van der Waals surface area contributed by atoms with E-state index < -0.39 is 12.1 Å². The van der Waals surface area contributed by atoms with E-state index in [2.05, 4.69) is 10.6 Å². The Kier molecular flexibility index (Phi) is 7.95. The molecule has 4 N–H and O–H groups in total. The van der Waals surface area contributed by atoms with Gasteiger partial charge in [-0.25, -0.2) is 9.59 Å². The third-order valence-electron chi connectivity index (χ3n) is 3.91. The van der Waals surface area contributed by atoms with E-state index in [0.29, 0.717) is 42.2 Å². The quantitative estimate of drug-likeness (QED) is 0.344. The molecule has 0 aliphatic carbocycles. The Balaban J connectivity index is 1.75. The van der Waals surface area contributed by atoms with Crippen LogP contribution in [0.4, 0.5) is 16.2 Å². The minimum absolute atomic E-state index is 0.227. The number of rotatable bonds is 9. The van der Waals surface area contributed by atoms with Crippen molar-refractivity contribution >= 4 is 23.4 Å². The van der Waals surface area contributed by atoms with Crippen LogP contribution in [-0.4, -0.2) is 39.4 Å². The molecule has 2 aromatic carbocycles. The van der Waals surface area contributed by atoms with Gasteiger partial charge < -0.3 is 30.6 Å². The van der Waals surface area contributed by atoms with Crippen molar-refractivity contribution in [3.8, 4) is 5.75 Å². The van der Waals surface area contributed by atoms with Crippen molar-refractivity contribution in [1.29, 1.82) is 0 Å². The summed E-state index contributed by atoms with van der Waals surface area (Å²) in [4.78, 5) is 23.3. The minimum Gasteiger partial charge on any atom is -0.494 e. The largest absolute Gasteiger partial charge is 0.494 e. The average Bonchev–Trinajstić information content (AvgIpc) is 2.72. The van der Waals surface area contributed by atoms with E-state index in [1.807, 2.05) is 30.3 Å². The van der Waals surface area contributed by atoms with Crippen LogP contribution in [0.25, 0.3) is 0 Å². The number of nitrogens with two attached hydrogens (primary N) is 1. The molecule has 1 amide bonds. The zero-order valence-electron chi connectivity index (χ0n) is 16.0. The summed E-state index contributed by atoms with van der Waals surface area (Å²) in [6.07, 6.45) is 0.172. The van der Waals surface area contributed by atoms with Gasteiger partial charge in [-0.1, -0.05) is 30.3 Å². The Hall–Kier alpha value is -3.42. The fourth-order valence-corrected chi connectivity index (χ4v) is 2.49. The lowest BCUT2D eigenvalue weighted by molar-refractivity contribution is 0.0600. The van der Waals surface area contributed by atoms with Gasteiger partial charge in [0.1, 0.15) is 18.0 Å². The Labute approximate surface area is 164 Å². The number of hydrogen-bond acceptors (Lipinski definition) is 7. The smallest absolute Gasteiger partial charge is 0.407 e. The normalized spacial score (nSPS) is 10.1. The second-order valence-electron chi connectivity index (χ2n) is 5.90. The molecule has 0 unspecified atom stereocenters. The van der Waals surface area contributed by atoms with Crippen LogP contribution in [0.3, 0.4) is 0 Å². The van der Waals surface area contributed by atoms with Crippen LogP contribution >= 0.6 is 0 Å². The molecule has 0 aliphatic heterocycles. The van der Waals surface area contributed by atoms with E-state index in [1.54, 1.807) is 6.07 Å². The number of carbonyl (C=O) groups excluding carboxylic acids is 2. The van der Waals surface area contributed by atoms with E-state index in [0.717, 1.165) is 5.56 Å². The summed E-state index contributed by atoms with van der Waals surface area (Å²) < 4.78 is 15.1. The lowest BCUT2D eigenvalue weighted by Gasteiger charge is -2.15. The molecule has 0 aromatic heterocycles. The molecule has 0 bridgehead atoms. The zero-order chi connectivity index (χ0) is 20.4. The molecule has 0 atom stereocenters. The van der Waals surface area contributed by atoms with Crippen LogP contribution in [0.1, 0.15) is 22.3 Å². The number of anilines is 2. The summed E-state index contributed by atoms with van der Waals surface area (Å²) in [6.45, 7) is 1.20. The SMILES string of the molecule is COC(=O)c1cc(N)c(NCCCNC(=O)OCc2ccccc2)c(OC)c1. The molecule has 0 aliphatic rings. The zero-order valence-corrected chi connectivity index (χ0v) is 16.0. The van der Waals surface area contributed by atoms with Gasteiger partial charge in [-0.05, 0) is 24.1 Å². The predicted molar refractivity (Wildman–Crippen MR) is 106 cm³/mol. The van der Waals surface area contributed by atoms with E-state index in [4.69, 9.17) is 19.9 Å². The van der Waals surface area contributed by atoms with Gasteiger partial charge in [0, 0.05) is 13.1 Å². The molecule has 0 saturated heterocycles. The fraction of sp³-hybridized carbons (Fsp3) is 0.300. The fourth-order valence-electron chi connectivity index (χ4n) is 2.49. The summed E-state index contributed by atoms with van der Waals surface area (Å²) in [7, 11) is 2.79. The van der Waals surface area contributed by atoms with Gasteiger partial charge in [0.15, 0.2) is 0 Å². The second kappa shape index (κ2) is 10.7. The maximum atomic E-state index is 11.7. The highest BCUT2D eigenvalue weighted by atomic mass is 16.5. The highest BCUT2D eigenvalue weighted by Crippen LogP contribution is 2.32. The highest BCUT2D eigenvalue weighted by molar-refractivity contribution is 5.93. The Morgan fingerprint density at radius 1 is 1.07 bits per heavy atom. The summed E-state index contributed by atoms with van der Waals surface area (Å²) in [5, 5.41) is 5.84. The molecule has 8 nitrogen and oxygen atoms in total. The van der Waals surface area contributed by atoms with Crippen LogP contribution in [0.15, 0.2) is 42.5 Å². The monoisotopic (exact) mass is 387 g/mol. The number of esters is 1. The Bertz CT molecular complexity index is 796. The van der Waals surface area contributed by atoms with Crippen molar-refractivity contribution in [2.75, 3.05) is 38.4 Å². The number of nitrogens with one attached hydrogen (secondary N) is 2. The van der Waals surface area contributed by atoms with Crippen molar-refractivity contribution < 1.29 is 23.8 Å². The number of methoxy groups -OCH3 is 2. The van der Waals surface area contributed by atoms with Gasteiger partial charge in [-0.15, -0.1) is 0 Å². The summed E-state index contributed by atoms with van der Waals surface area (Å²) in [6, 6.07) is 12.5. The number of amides is 1. The van der Waals surface area contributed by atoms with Crippen LogP contribution in [-0.2, 0) is 16.1 Å². The molecule has 2 rings (SSSR count). The standard InChI is InChI=1S/C20H25N3O5/c1-26-17-12-15(19(24)27-2)11-16(21)18(17)22-9-6-10-23-20(25)28-13-14-7-4-3-5-8-14/h3-5,7-8,11-12,22H,6,9-10,13,21H2,1-2H3,(H,23,25). The first-order chi connectivity index (χ1) is 13.5. The molecule has 150 valence electrons. The van der Waals surface area contributed by atoms with E-state index in [1.165, 1.54) is 20.3 Å². The van der Waals surface area contributed by atoms with E-state index in [9.17, 15) is 9.59 Å². The summed E-state index contributed by atoms with van der Waals surface area (Å²) in [5.74, 6) is -0.0506. The Morgan fingerprint density at radius 3 is 2.50 bits per heavy atom. The molecule has 8 heteroatoms. The first-order valence-electron chi connectivity index (χ1n) is 8.79. The number of alkyl carbamates (subject to hydrolysis) is 1. The number of hydrogen-bond donors (Lipinski definition) is 3. The van der Waals surface area contributed by atoms with Crippen molar-refractivity contribution in [2.45, 2.75) is 13.0 Å². The topological polar surface area (TPSA) is 112 Å². The summed E-state index contributed by atoms with van der Waals surface area (Å²) >= 11 is 0. The maximum absolute atomic E-state index is 11.7. The minimum atomic E-state index is -0.491. The number of benzene rings is 2. The van der Waals surface area contributed by atoms with Gasteiger partial charge in [0.05, 0.1) is 25.5 Å². The van der Waals surface area contributed by atoms with Crippen LogP contribution < -0.4 is 21.1 Å². The molecule has 28 heavy (non-hydrogen) atoms. The lowest BCUT2D eigenvalue weighted by atomic mass is 10.1. The van der Waals surface area contributed by atoms with E-state index in [-0.39, 0.29) is 6.61 Å². The number of carbonyl (C=O) groups is 2. The molecular weight excluding hydrogens is 362 g/mol. The molecule has 2 aromatic rings. The highest BCUT2D eigenvalue weighted by Gasteiger charge is 2.14. The van der Waals surface area contributed by atoms with Crippen molar-refractivity contribution in [3.63, 3.8) is 0 Å².